The van der Waals surface area contributed by atoms with E-state index in [2.05, 4.69) is 5.32 Å². The number of rotatable bonds is 5. The number of amides is 1. The predicted octanol–water partition coefficient (Wildman–Crippen LogP) is 1.75. The zero-order valence-electron chi connectivity index (χ0n) is 31.6. The summed E-state index contributed by atoms with van der Waals surface area (Å²) in [5, 5.41) is 12.9. The minimum absolute atomic E-state index is 0.0108. The SMILES string of the molecule is CC(C)(C)OC(=O)CN1CCN2CCN(CCN(CC(=O)OC(C)(C)C)CC1)CC(=O)OC(C)(C)C1c3cc(C(=O)O)ccc3CC1NC(=O)C2. The number of hydrogen-bond acceptors (Lipinski definition) is 12. The lowest BCUT2D eigenvalue weighted by Crippen LogP contribution is -2.51. The molecule has 4 rings (SSSR count). The molecule has 2 saturated heterocycles. The number of benzene rings is 1. The Morgan fingerprint density at radius 2 is 1.31 bits per heavy atom. The number of aromatic carboxylic acids is 1. The molecule has 14 nitrogen and oxygen atoms in total. The standard InChI is InChI=1S/C37H57N5O9/c1-35(2,3)49-30(44)22-40-13-11-39-12-14-42(18-17-41(16-15-40)23-31(45)50-36(4,5)6)24-32(46)51-37(7,8)33-27-19-26(34(47)48)10-9-25(27)20-28(33)38-29(43)21-39/h9-10,19,28,33H,11-18,20-24H2,1-8H3,(H,38,43)(H,47,48). The van der Waals surface area contributed by atoms with E-state index in [1.54, 1.807) is 32.0 Å². The van der Waals surface area contributed by atoms with Gasteiger partial charge in [0.2, 0.25) is 5.91 Å². The zero-order valence-corrected chi connectivity index (χ0v) is 31.6. The first-order valence-corrected chi connectivity index (χ1v) is 17.9. The lowest BCUT2D eigenvalue weighted by Gasteiger charge is -2.37. The summed E-state index contributed by atoms with van der Waals surface area (Å²) in [5.41, 5.74) is -0.613. The molecule has 0 aromatic heterocycles. The Morgan fingerprint density at radius 1 is 0.824 bits per heavy atom. The number of nitrogens with one attached hydrogen (secondary N) is 1. The first-order chi connectivity index (χ1) is 23.7. The minimum Gasteiger partial charge on any atom is -0.478 e. The Labute approximate surface area is 301 Å². The molecule has 1 aliphatic carbocycles. The molecule has 0 saturated carbocycles. The number of fused-ring (bicyclic) bond motifs is 6. The van der Waals surface area contributed by atoms with Gasteiger partial charge in [0.25, 0.3) is 0 Å². The molecule has 2 bridgehead atoms. The first kappa shape index (κ1) is 40.2. The van der Waals surface area contributed by atoms with Crippen molar-refractivity contribution in [2.75, 3.05) is 78.5 Å². The van der Waals surface area contributed by atoms with Crippen molar-refractivity contribution in [3.8, 4) is 0 Å². The molecule has 1 aromatic carbocycles. The second-order valence-corrected chi connectivity index (χ2v) is 16.4. The number of carboxylic acids is 1. The second kappa shape index (κ2) is 16.4. The monoisotopic (exact) mass is 715 g/mol. The Kier molecular flexibility index (Phi) is 12.9. The molecule has 2 N–H and O–H groups in total. The van der Waals surface area contributed by atoms with Crippen LogP contribution in [0.5, 0.6) is 0 Å². The Morgan fingerprint density at radius 3 is 1.82 bits per heavy atom. The van der Waals surface area contributed by atoms with Crippen LogP contribution in [-0.2, 0) is 39.8 Å². The summed E-state index contributed by atoms with van der Waals surface area (Å²) in [6.07, 6.45) is 0.468. The van der Waals surface area contributed by atoms with E-state index >= 15 is 0 Å². The van der Waals surface area contributed by atoms with E-state index in [1.165, 1.54) is 0 Å². The highest BCUT2D eigenvalue weighted by Crippen LogP contribution is 2.43. The van der Waals surface area contributed by atoms with Gasteiger partial charge < -0.3 is 24.6 Å². The summed E-state index contributed by atoms with van der Waals surface area (Å²) in [5.74, 6) is -2.91. The van der Waals surface area contributed by atoms with Gasteiger partial charge in [-0.15, -0.1) is 0 Å². The van der Waals surface area contributed by atoms with Gasteiger partial charge in [0.15, 0.2) is 0 Å². The Hall–Kier alpha value is -3.59. The van der Waals surface area contributed by atoms with Crippen molar-refractivity contribution in [2.45, 2.75) is 90.6 Å². The highest BCUT2D eigenvalue weighted by Gasteiger charge is 2.46. The van der Waals surface area contributed by atoms with Crippen molar-refractivity contribution in [3.63, 3.8) is 0 Å². The second-order valence-electron chi connectivity index (χ2n) is 16.4. The molecule has 2 aliphatic heterocycles. The number of carboxylic acid groups (broad SMARTS) is 1. The van der Waals surface area contributed by atoms with Crippen molar-refractivity contribution < 1.29 is 43.3 Å². The van der Waals surface area contributed by atoms with Crippen molar-refractivity contribution in [1.82, 2.24) is 24.9 Å². The van der Waals surface area contributed by atoms with E-state index in [0.29, 0.717) is 58.8 Å². The van der Waals surface area contributed by atoms with Crippen molar-refractivity contribution in [2.24, 2.45) is 0 Å². The quantitative estimate of drug-likeness (QED) is 0.336. The molecule has 14 heteroatoms. The molecule has 0 radical (unpaired) electrons. The number of esters is 3. The van der Waals surface area contributed by atoms with Crippen LogP contribution >= 0.6 is 0 Å². The van der Waals surface area contributed by atoms with E-state index in [1.807, 2.05) is 61.1 Å². The van der Waals surface area contributed by atoms with Crippen LogP contribution in [0.4, 0.5) is 0 Å². The summed E-state index contributed by atoms with van der Waals surface area (Å²) < 4.78 is 17.4. The normalized spacial score (nSPS) is 25.6. The van der Waals surface area contributed by atoms with Gasteiger partial charge >= 0.3 is 23.9 Å². The number of ether oxygens (including phenoxy) is 3. The summed E-state index contributed by atoms with van der Waals surface area (Å²) >= 11 is 0. The van der Waals surface area contributed by atoms with Gasteiger partial charge in [0.05, 0.1) is 31.7 Å². The fourth-order valence-electron chi connectivity index (χ4n) is 7.12. The van der Waals surface area contributed by atoms with Crippen LogP contribution in [0, 0.1) is 0 Å². The summed E-state index contributed by atoms with van der Waals surface area (Å²) in [4.78, 5) is 73.1. The highest BCUT2D eigenvalue weighted by atomic mass is 16.6. The smallest absolute Gasteiger partial charge is 0.335 e. The summed E-state index contributed by atoms with van der Waals surface area (Å²) in [6.45, 7) is 18.3. The van der Waals surface area contributed by atoms with Gasteiger partial charge in [0.1, 0.15) is 16.8 Å². The molecule has 1 aromatic rings. The third kappa shape index (κ3) is 12.3. The van der Waals surface area contributed by atoms with E-state index < -0.39 is 40.7 Å². The third-order valence-electron chi connectivity index (χ3n) is 9.24. The molecule has 284 valence electrons. The fraction of sp³-hybridized carbons (Fsp3) is 0.703. The van der Waals surface area contributed by atoms with Crippen LogP contribution in [0.25, 0.3) is 0 Å². The fourth-order valence-corrected chi connectivity index (χ4v) is 7.12. The molecule has 2 fully saturated rings. The maximum absolute atomic E-state index is 13.7. The summed E-state index contributed by atoms with van der Waals surface area (Å²) in [6, 6.07) is 4.52. The third-order valence-corrected chi connectivity index (χ3v) is 9.24. The molecule has 2 heterocycles. The van der Waals surface area contributed by atoms with E-state index in [4.69, 9.17) is 14.2 Å². The van der Waals surface area contributed by atoms with Crippen LogP contribution in [0.1, 0.15) is 82.8 Å². The molecular formula is C37H57N5O9. The van der Waals surface area contributed by atoms with E-state index in [-0.39, 0.29) is 49.6 Å². The summed E-state index contributed by atoms with van der Waals surface area (Å²) in [7, 11) is 0. The van der Waals surface area contributed by atoms with Crippen LogP contribution in [-0.4, -0.2) is 156 Å². The highest BCUT2D eigenvalue weighted by molar-refractivity contribution is 5.88. The number of cyclic esters (lactones) is 1. The van der Waals surface area contributed by atoms with Crippen LogP contribution < -0.4 is 5.32 Å². The molecule has 0 spiro atoms. The topological polar surface area (TPSA) is 158 Å². The number of carbonyl (C=O) groups excluding carboxylic acids is 4. The Balaban J connectivity index is 1.63. The van der Waals surface area contributed by atoms with Gasteiger partial charge in [-0.05, 0) is 85.1 Å². The van der Waals surface area contributed by atoms with Crippen LogP contribution in [0.15, 0.2) is 18.2 Å². The lowest BCUT2D eigenvalue weighted by atomic mass is 9.82. The van der Waals surface area contributed by atoms with E-state index in [9.17, 15) is 29.1 Å². The molecule has 51 heavy (non-hydrogen) atoms. The maximum atomic E-state index is 13.7. The van der Waals surface area contributed by atoms with Crippen molar-refractivity contribution in [1.29, 1.82) is 0 Å². The predicted molar refractivity (Wildman–Crippen MR) is 189 cm³/mol. The number of hydrogen-bond donors (Lipinski definition) is 2. The van der Waals surface area contributed by atoms with E-state index in [0.717, 1.165) is 11.1 Å². The van der Waals surface area contributed by atoms with Gasteiger partial charge in [-0.1, -0.05) is 6.07 Å². The average Bonchev–Trinajstić information content (AvgIpc) is 3.33. The number of nitrogens with zero attached hydrogens (tertiary/aromatic N) is 4. The van der Waals surface area contributed by atoms with Gasteiger partial charge in [-0.25, -0.2) is 4.79 Å². The lowest BCUT2D eigenvalue weighted by molar-refractivity contribution is -0.161. The Bertz CT molecular complexity index is 1450. The molecular weight excluding hydrogens is 658 g/mol. The molecule has 4 unspecified atom stereocenters. The van der Waals surface area contributed by atoms with Gasteiger partial charge in [-0.2, -0.15) is 0 Å². The van der Waals surface area contributed by atoms with Crippen LogP contribution in [0.2, 0.25) is 0 Å². The van der Waals surface area contributed by atoms with Crippen molar-refractivity contribution >= 4 is 29.8 Å². The first-order valence-electron chi connectivity index (χ1n) is 17.9. The molecule has 3 aliphatic rings. The van der Waals surface area contributed by atoms with Gasteiger partial charge in [0, 0.05) is 64.3 Å². The van der Waals surface area contributed by atoms with Gasteiger partial charge in [-0.3, -0.25) is 38.8 Å². The zero-order chi connectivity index (χ0) is 37.7. The molecule has 4 atom stereocenters. The average molecular weight is 716 g/mol. The number of carbonyl (C=O) groups is 5. The van der Waals surface area contributed by atoms with Crippen molar-refractivity contribution in [3.05, 3.63) is 34.9 Å². The molecule has 1 amide bonds. The maximum Gasteiger partial charge on any atom is 0.335 e. The van der Waals surface area contributed by atoms with Crippen LogP contribution in [0.3, 0.4) is 0 Å². The minimum atomic E-state index is -1.08. The largest absolute Gasteiger partial charge is 0.478 e.